The molecular formula is C16H15FN2O4. The van der Waals surface area contributed by atoms with Gasteiger partial charge in [0.05, 0.1) is 11.5 Å². The maximum absolute atomic E-state index is 13.4. The van der Waals surface area contributed by atoms with E-state index in [1.54, 1.807) is 18.2 Å². The van der Waals surface area contributed by atoms with Crippen LogP contribution in [-0.2, 0) is 0 Å². The van der Waals surface area contributed by atoms with E-state index in [0.29, 0.717) is 0 Å². The fourth-order valence-electron chi connectivity index (χ4n) is 1.98. The zero-order valence-electron chi connectivity index (χ0n) is 12.4. The van der Waals surface area contributed by atoms with Crippen LogP contribution in [0.25, 0.3) is 0 Å². The molecule has 0 aromatic heterocycles. The Labute approximate surface area is 132 Å². The average molecular weight is 318 g/mol. The Morgan fingerprint density at radius 3 is 2.57 bits per heavy atom. The fourth-order valence-corrected chi connectivity index (χ4v) is 1.98. The highest BCUT2D eigenvalue weighted by Gasteiger charge is 2.22. The van der Waals surface area contributed by atoms with Gasteiger partial charge in [0.1, 0.15) is 12.2 Å². The second kappa shape index (κ2) is 7.35. The minimum absolute atomic E-state index is 0.00546. The van der Waals surface area contributed by atoms with Crippen molar-refractivity contribution in [2.75, 3.05) is 20.2 Å². The summed E-state index contributed by atoms with van der Waals surface area (Å²) in [4.78, 5) is 23.9. The van der Waals surface area contributed by atoms with Crippen LogP contribution in [0, 0.1) is 15.9 Å². The Morgan fingerprint density at radius 1 is 1.22 bits per heavy atom. The third-order valence-electron chi connectivity index (χ3n) is 3.20. The molecule has 2 aromatic carbocycles. The fraction of sp³-hybridized carbons (Fsp3) is 0.188. The molecule has 0 N–H and O–H groups in total. The number of nitrogens with zero attached hydrogens (tertiary/aromatic N) is 2. The first-order valence-corrected chi connectivity index (χ1v) is 6.87. The van der Waals surface area contributed by atoms with Crippen molar-refractivity contribution in [3.8, 4) is 5.75 Å². The van der Waals surface area contributed by atoms with Gasteiger partial charge in [0, 0.05) is 13.1 Å². The van der Waals surface area contributed by atoms with Crippen molar-refractivity contribution in [2.45, 2.75) is 0 Å². The molecule has 0 saturated carbocycles. The number of rotatable bonds is 6. The molecule has 6 nitrogen and oxygen atoms in total. The van der Waals surface area contributed by atoms with Crippen molar-refractivity contribution in [1.82, 2.24) is 4.90 Å². The van der Waals surface area contributed by atoms with Gasteiger partial charge in [-0.1, -0.05) is 24.3 Å². The summed E-state index contributed by atoms with van der Waals surface area (Å²) >= 11 is 0. The lowest BCUT2D eigenvalue weighted by atomic mass is 10.1. The predicted molar refractivity (Wildman–Crippen MR) is 82.0 cm³/mol. The topological polar surface area (TPSA) is 72.7 Å². The molecule has 0 bridgehead atoms. The molecule has 23 heavy (non-hydrogen) atoms. The summed E-state index contributed by atoms with van der Waals surface area (Å²) in [5.41, 5.74) is -0.245. The van der Waals surface area contributed by atoms with Crippen LogP contribution in [0.3, 0.4) is 0 Å². The predicted octanol–water partition coefficient (Wildman–Crippen LogP) is 2.88. The third kappa shape index (κ3) is 4.03. The number of likely N-dealkylation sites (N-methyl/N-ethyl adjacent to an activating group) is 1. The van der Waals surface area contributed by atoms with Gasteiger partial charge in [0.2, 0.25) is 0 Å². The summed E-state index contributed by atoms with van der Waals surface area (Å²) < 4.78 is 18.7. The van der Waals surface area contributed by atoms with Crippen LogP contribution in [0.4, 0.5) is 10.1 Å². The normalized spacial score (nSPS) is 10.2. The lowest BCUT2D eigenvalue weighted by Gasteiger charge is -2.17. The van der Waals surface area contributed by atoms with E-state index in [1.165, 1.54) is 42.3 Å². The van der Waals surface area contributed by atoms with Crippen molar-refractivity contribution in [3.05, 3.63) is 70.0 Å². The summed E-state index contributed by atoms with van der Waals surface area (Å²) in [6.45, 7) is 0.239. The second-order valence-electron chi connectivity index (χ2n) is 4.78. The number of carbonyl (C=O) groups excluding carboxylic acids is 1. The van der Waals surface area contributed by atoms with Crippen LogP contribution in [0.5, 0.6) is 5.75 Å². The molecule has 0 aliphatic carbocycles. The summed E-state index contributed by atoms with van der Waals surface area (Å²) in [6, 6.07) is 11.7. The van der Waals surface area contributed by atoms with Crippen molar-refractivity contribution in [3.63, 3.8) is 0 Å². The molecular weight excluding hydrogens is 303 g/mol. The minimum Gasteiger partial charge on any atom is -0.489 e. The quantitative estimate of drug-likeness (QED) is 0.606. The number of carbonyl (C=O) groups is 1. The zero-order chi connectivity index (χ0) is 16.8. The van der Waals surface area contributed by atoms with Crippen molar-refractivity contribution >= 4 is 11.6 Å². The number of nitro benzene ring substituents is 1. The number of hydrogen-bond acceptors (Lipinski definition) is 4. The Kier molecular flexibility index (Phi) is 5.24. The molecule has 0 aliphatic rings. The molecule has 1 amide bonds. The molecule has 2 aromatic rings. The number of para-hydroxylation sites is 2. The molecule has 0 aliphatic heterocycles. The lowest BCUT2D eigenvalue weighted by molar-refractivity contribution is -0.385. The van der Waals surface area contributed by atoms with Crippen molar-refractivity contribution < 1.29 is 18.8 Å². The Balaban J connectivity index is 1.98. The van der Waals surface area contributed by atoms with E-state index in [0.717, 1.165) is 0 Å². The first-order valence-electron chi connectivity index (χ1n) is 6.87. The maximum Gasteiger partial charge on any atom is 0.282 e. The van der Waals surface area contributed by atoms with Gasteiger partial charge in [-0.2, -0.15) is 0 Å². The highest BCUT2D eigenvalue weighted by atomic mass is 19.1. The third-order valence-corrected chi connectivity index (χ3v) is 3.20. The molecule has 0 unspecified atom stereocenters. The monoisotopic (exact) mass is 318 g/mol. The molecule has 0 spiro atoms. The zero-order valence-corrected chi connectivity index (χ0v) is 12.4. The lowest BCUT2D eigenvalue weighted by Crippen LogP contribution is -2.31. The largest absolute Gasteiger partial charge is 0.489 e. The van der Waals surface area contributed by atoms with E-state index >= 15 is 0 Å². The molecule has 7 heteroatoms. The van der Waals surface area contributed by atoms with Crippen molar-refractivity contribution in [1.29, 1.82) is 0 Å². The first-order chi connectivity index (χ1) is 11.0. The van der Waals surface area contributed by atoms with Gasteiger partial charge in [-0.25, -0.2) is 4.39 Å². The van der Waals surface area contributed by atoms with Crippen LogP contribution in [0.2, 0.25) is 0 Å². The van der Waals surface area contributed by atoms with Crippen LogP contribution in [0.1, 0.15) is 10.4 Å². The molecule has 0 saturated heterocycles. The van der Waals surface area contributed by atoms with E-state index < -0.39 is 16.6 Å². The second-order valence-corrected chi connectivity index (χ2v) is 4.78. The molecule has 0 radical (unpaired) electrons. The van der Waals surface area contributed by atoms with Gasteiger partial charge in [0.15, 0.2) is 11.6 Å². The Hall–Kier alpha value is -2.96. The number of ether oxygens (including phenoxy) is 1. The number of benzene rings is 2. The summed E-state index contributed by atoms with van der Waals surface area (Å²) in [5, 5.41) is 11.0. The molecule has 0 heterocycles. The van der Waals surface area contributed by atoms with Gasteiger partial charge >= 0.3 is 0 Å². The molecule has 0 atom stereocenters. The molecule has 2 rings (SSSR count). The molecule has 0 fully saturated rings. The standard InChI is InChI=1S/C16H15FN2O4/c1-18(10-11-23-15-9-5-3-7-13(15)17)16(20)12-6-2-4-8-14(12)19(21)22/h2-9H,10-11H2,1H3. The van der Waals surface area contributed by atoms with E-state index in [9.17, 15) is 19.3 Å². The highest BCUT2D eigenvalue weighted by molar-refractivity contribution is 5.97. The van der Waals surface area contributed by atoms with Crippen LogP contribution >= 0.6 is 0 Å². The number of hydrogen-bond donors (Lipinski definition) is 0. The van der Waals surface area contributed by atoms with Gasteiger partial charge in [0.25, 0.3) is 11.6 Å². The van der Waals surface area contributed by atoms with E-state index in [4.69, 9.17) is 4.74 Å². The SMILES string of the molecule is CN(CCOc1ccccc1F)C(=O)c1ccccc1[N+](=O)[O-]. The Bertz CT molecular complexity index is 721. The average Bonchev–Trinajstić information content (AvgIpc) is 2.55. The summed E-state index contributed by atoms with van der Waals surface area (Å²) in [7, 11) is 1.50. The number of amides is 1. The smallest absolute Gasteiger partial charge is 0.282 e. The molecule has 120 valence electrons. The minimum atomic E-state index is -0.600. The van der Waals surface area contributed by atoms with Gasteiger partial charge in [-0.3, -0.25) is 14.9 Å². The summed E-state index contributed by atoms with van der Waals surface area (Å²) in [6.07, 6.45) is 0. The van der Waals surface area contributed by atoms with Crippen molar-refractivity contribution in [2.24, 2.45) is 0 Å². The maximum atomic E-state index is 13.4. The number of halogens is 1. The van der Waals surface area contributed by atoms with E-state index in [-0.39, 0.29) is 30.2 Å². The first kappa shape index (κ1) is 16.4. The van der Waals surface area contributed by atoms with Crippen LogP contribution in [0.15, 0.2) is 48.5 Å². The summed E-state index contributed by atoms with van der Waals surface area (Å²) in [5.74, 6) is -0.881. The van der Waals surface area contributed by atoms with Crippen LogP contribution in [-0.4, -0.2) is 35.9 Å². The number of nitro groups is 1. The Morgan fingerprint density at radius 2 is 1.87 bits per heavy atom. The van der Waals surface area contributed by atoms with E-state index in [1.807, 2.05) is 0 Å². The van der Waals surface area contributed by atoms with Gasteiger partial charge < -0.3 is 9.64 Å². The highest BCUT2D eigenvalue weighted by Crippen LogP contribution is 2.19. The van der Waals surface area contributed by atoms with Gasteiger partial charge in [-0.15, -0.1) is 0 Å². The van der Waals surface area contributed by atoms with Gasteiger partial charge in [-0.05, 0) is 18.2 Å². The van der Waals surface area contributed by atoms with Crippen LogP contribution < -0.4 is 4.74 Å². The van der Waals surface area contributed by atoms with E-state index in [2.05, 4.69) is 0 Å².